The maximum absolute atomic E-state index is 14.4. The number of benzene rings is 3. The number of ether oxygens (including phenoxy) is 3. The van der Waals surface area contributed by atoms with Crippen LogP contribution in [0.2, 0.25) is 0 Å². The highest BCUT2D eigenvalue weighted by molar-refractivity contribution is 6.00. The number of aliphatic imine (C=N–C) groups is 2. The average Bonchev–Trinajstić information content (AvgIpc) is 3.65. The Labute approximate surface area is 421 Å². The van der Waals surface area contributed by atoms with Crippen molar-refractivity contribution in [2.45, 2.75) is 146 Å². The van der Waals surface area contributed by atoms with Gasteiger partial charge in [-0.25, -0.2) is 9.98 Å². The van der Waals surface area contributed by atoms with Gasteiger partial charge in [0.05, 0.1) is 60.9 Å². The zero-order valence-corrected chi connectivity index (χ0v) is 42.5. The van der Waals surface area contributed by atoms with E-state index in [1.165, 1.54) is 9.80 Å². The fraction of sp³-hybridized carbons (Fsp3) is 0.473. The SMILES string of the molecule is CCC1(CC)CC(=O)N(Cc2cc(C(=O)NC3CC(C)(Cc4ccc5c(c4)C(NC(=O)c4cccc([C@@H](CCOC)N6C(=O)CC(CC)(CC)N=C6N)c4)C(C)(CO)O5)Oc4ccccc43)ccn2)C(N)=N1. The fourth-order valence-corrected chi connectivity index (χ4v) is 10.8. The quantitative estimate of drug-likeness (QED) is 0.0700. The maximum Gasteiger partial charge on any atom is 0.251 e. The van der Waals surface area contributed by atoms with Gasteiger partial charge in [0.2, 0.25) is 11.8 Å². The predicted octanol–water partition coefficient (Wildman–Crippen LogP) is 6.74. The van der Waals surface area contributed by atoms with E-state index in [0.717, 1.165) is 11.1 Å². The number of hydrogen-bond acceptors (Lipinski definition) is 13. The van der Waals surface area contributed by atoms with Crippen molar-refractivity contribution >= 4 is 35.5 Å². The second-order valence-electron chi connectivity index (χ2n) is 20.2. The van der Waals surface area contributed by atoms with E-state index in [2.05, 4.69) is 15.6 Å². The number of rotatable bonds is 18. The molecule has 5 atom stereocenters. The Morgan fingerprint density at radius 2 is 1.47 bits per heavy atom. The molecule has 17 nitrogen and oxygen atoms in total. The second-order valence-corrected chi connectivity index (χ2v) is 20.2. The van der Waals surface area contributed by atoms with Gasteiger partial charge in [0, 0.05) is 55.0 Å². The molecule has 0 saturated heterocycles. The monoisotopic (exact) mass is 984 g/mol. The summed E-state index contributed by atoms with van der Waals surface area (Å²) in [6.07, 6.45) is 6.06. The molecule has 72 heavy (non-hydrogen) atoms. The molecule has 0 saturated carbocycles. The van der Waals surface area contributed by atoms with Gasteiger partial charge in [0.15, 0.2) is 17.5 Å². The first-order valence-corrected chi connectivity index (χ1v) is 25.1. The zero-order chi connectivity index (χ0) is 51.6. The van der Waals surface area contributed by atoms with Gasteiger partial charge in [0.1, 0.15) is 17.1 Å². The summed E-state index contributed by atoms with van der Waals surface area (Å²) in [5, 5.41) is 17.2. The highest BCUT2D eigenvalue weighted by Crippen LogP contribution is 2.46. The molecule has 0 spiro atoms. The number of carbonyl (C=O) groups is 4. The lowest BCUT2D eigenvalue weighted by molar-refractivity contribution is -0.132. The Morgan fingerprint density at radius 1 is 0.806 bits per heavy atom. The molecule has 1 aromatic heterocycles. The summed E-state index contributed by atoms with van der Waals surface area (Å²) >= 11 is 0. The van der Waals surface area contributed by atoms with Crippen LogP contribution in [-0.4, -0.2) is 98.0 Å². The summed E-state index contributed by atoms with van der Waals surface area (Å²) in [6.45, 7) is 11.8. The summed E-state index contributed by atoms with van der Waals surface area (Å²) in [5.74, 6) is 0.497. The van der Waals surface area contributed by atoms with Crippen molar-refractivity contribution in [2.75, 3.05) is 20.3 Å². The molecular formula is C55H69N9O8. The smallest absolute Gasteiger partial charge is 0.251 e. The van der Waals surface area contributed by atoms with Gasteiger partial charge in [-0.1, -0.05) is 64.1 Å². The van der Waals surface area contributed by atoms with Crippen molar-refractivity contribution in [2.24, 2.45) is 21.5 Å². The lowest BCUT2D eigenvalue weighted by Crippen LogP contribution is -2.52. The molecule has 4 amide bonds. The molecule has 4 aliphatic rings. The number of para-hydroxylation sites is 1. The molecule has 4 unspecified atom stereocenters. The topological polar surface area (TPSA) is 236 Å². The largest absolute Gasteiger partial charge is 0.487 e. The number of aliphatic hydroxyl groups is 1. The van der Waals surface area contributed by atoms with Gasteiger partial charge < -0.3 is 41.4 Å². The van der Waals surface area contributed by atoms with Gasteiger partial charge in [-0.15, -0.1) is 0 Å². The van der Waals surface area contributed by atoms with Gasteiger partial charge in [-0.2, -0.15) is 0 Å². The molecule has 5 heterocycles. The number of pyridine rings is 1. The number of nitrogens with zero attached hydrogens (tertiary/aromatic N) is 5. The van der Waals surface area contributed by atoms with Crippen LogP contribution in [0, 0.1) is 0 Å². The van der Waals surface area contributed by atoms with Crippen LogP contribution in [0.5, 0.6) is 11.5 Å². The van der Waals surface area contributed by atoms with E-state index in [9.17, 15) is 24.3 Å². The van der Waals surface area contributed by atoms with Gasteiger partial charge in [-0.05, 0) is 99.5 Å². The first-order valence-electron chi connectivity index (χ1n) is 25.1. The summed E-state index contributed by atoms with van der Waals surface area (Å²) < 4.78 is 18.6. The van der Waals surface area contributed by atoms with Crippen LogP contribution < -0.4 is 31.6 Å². The minimum absolute atomic E-state index is 0.0840. The summed E-state index contributed by atoms with van der Waals surface area (Å²) in [5.41, 5.74) is 14.2. The van der Waals surface area contributed by atoms with Gasteiger partial charge in [-0.3, -0.25) is 34.0 Å². The Balaban J connectivity index is 1.00. The lowest BCUT2D eigenvalue weighted by atomic mass is 9.83. The Kier molecular flexibility index (Phi) is 14.8. The van der Waals surface area contributed by atoms with E-state index >= 15 is 0 Å². The minimum Gasteiger partial charge on any atom is -0.487 e. The molecule has 3 aromatic carbocycles. The number of nitrogens with one attached hydrogen (secondary N) is 2. The number of amides is 4. The van der Waals surface area contributed by atoms with E-state index in [1.54, 1.807) is 50.6 Å². The zero-order valence-electron chi connectivity index (χ0n) is 42.5. The number of fused-ring (bicyclic) bond motifs is 2. The number of guanidine groups is 2. The molecule has 4 aromatic rings. The van der Waals surface area contributed by atoms with Crippen molar-refractivity contribution in [3.05, 3.63) is 124 Å². The van der Waals surface area contributed by atoms with Crippen LogP contribution in [0.4, 0.5) is 0 Å². The third-order valence-corrected chi connectivity index (χ3v) is 15.3. The summed E-state index contributed by atoms with van der Waals surface area (Å²) in [7, 11) is 1.60. The number of aromatic nitrogens is 1. The van der Waals surface area contributed by atoms with E-state index < -0.39 is 46.3 Å². The van der Waals surface area contributed by atoms with E-state index in [1.807, 2.05) is 83.1 Å². The molecule has 0 bridgehead atoms. The molecule has 0 radical (unpaired) electrons. The van der Waals surface area contributed by atoms with Crippen LogP contribution in [-0.2, 0) is 27.3 Å². The van der Waals surface area contributed by atoms with Gasteiger partial charge >= 0.3 is 0 Å². The first-order chi connectivity index (χ1) is 34.4. The second kappa shape index (κ2) is 20.7. The maximum atomic E-state index is 14.4. The molecular weight excluding hydrogens is 915 g/mol. The molecule has 0 aliphatic carbocycles. The average molecular weight is 984 g/mol. The van der Waals surface area contributed by atoms with Crippen molar-refractivity contribution in [1.82, 2.24) is 25.4 Å². The van der Waals surface area contributed by atoms with Crippen LogP contribution in [0.3, 0.4) is 0 Å². The van der Waals surface area contributed by atoms with Crippen molar-refractivity contribution in [1.29, 1.82) is 0 Å². The predicted molar refractivity (Wildman–Crippen MR) is 273 cm³/mol. The van der Waals surface area contributed by atoms with Crippen LogP contribution in [0.25, 0.3) is 0 Å². The number of hydrogen-bond donors (Lipinski definition) is 5. The van der Waals surface area contributed by atoms with E-state index in [0.29, 0.717) is 91.0 Å². The fourth-order valence-electron chi connectivity index (χ4n) is 10.8. The van der Waals surface area contributed by atoms with Gasteiger partial charge in [0.25, 0.3) is 11.8 Å². The third kappa shape index (κ3) is 10.3. The van der Waals surface area contributed by atoms with E-state index in [-0.39, 0.29) is 55.6 Å². The minimum atomic E-state index is -1.20. The molecule has 382 valence electrons. The van der Waals surface area contributed by atoms with E-state index in [4.69, 9.17) is 35.7 Å². The summed E-state index contributed by atoms with van der Waals surface area (Å²) in [4.78, 5) is 72.5. The Morgan fingerprint density at radius 3 is 2.15 bits per heavy atom. The number of aliphatic hydroxyl groups excluding tert-OH is 1. The molecule has 17 heteroatoms. The molecule has 8 rings (SSSR count). The summed E-state index contributed by atoms with van der Waals surface area (Å²) in [6, 6.07) is 22.1. The first kappa shape index (κ1) is 51.5. The highest BCUT2D eigenvalue weighted by Gasteiger charge is 2.47. The Hall–Kier alpha value is -6.85. The van der Waals surface area contributed by atoms with Crippen LogP contribution >= 0.6 is 0 Å². The number of carbonyl (C=O) groups excluding carboxylic acids is 4. The van der Waals surface area contributed by atoms with Crippen molar-refractivity contribution in [3.63, 3.8) is 0 Å². The van der Waals surface area contributed by atoms with Crippen molar-refractivity contribution in [3.8, 4) is 11.5 Å². The Bertz CT molecular complexity index is 2770. The normalized spacial score (nSPS) is 23.4. The third-order valence-electron chi connectivity index (χ3n) is 15.3. The standard InChI is InChI=1S/C55H69N9O8/c1-8-54(9-2)30-45(66)63(50(56)61-54)32-38-27-37(21-23-58-38)48(68)59-41-29-52(5,71-43-18-13-12-17-39(41)43)28-34-19-20-44-40(25-34)47(53(6,33-65)72-44)60-49(69)36-16-14-15-35(26-36)42(22-24-70-7)64-46(67)31-55(10-3,11-4)62-51(64)57/h12-21,23,25-27,41-42,47,65H,8-11,22,24,28-33H2,1-7H3,(H2,56,61)(H2,57,62)(H,59,68)(H,60,69)/t41?,42-,47?,52?,53?/m1/s1. The highest BCUT2D eigenvalue weighted by atomic mass is 16.5. The molecule has 7 N–H and O–H groups in total. The van der Waals surface area contributed by atoms with Crippen molar-refractivity contribution < 1.29 is 38.5 Å². The number of nitrogens with two attached hydrogens (primary N) is 2. The number of methoxy groups -OCH3 is 1. The molecule has 0 fully saturated rings. The van der Waals surface area contributed by atoms with Crippen LogP contribution in [0.1, 0.15) is 160 Å². The molecule has 4 aliphatic heterocycles. The van der Waals surface area contributed by atoms with Crippen LogP contribution in [0.15, 0.2) is 95.0 Å². The lowest BCUT2D eigenvalue weighted by Gasteiger charge is -2.40.